The number of benzene rings is 2. The predicted octanol–water partition coefficient (Wildman–Crippen LogP) is 2.66. The SMILES string of the molecule is OCc1c(F)cccc1-n1ncc2ccccc21. The van der Waals surface area contributed by atoms with Crippen LogP contribution in [0.25, 0.3) is 16.6 Å². The highest BCUT2D eigenvalue weighted by molar-refractivity contribution is 5.80. The van der Waals surface area contributed by atoms with Gasteiger partial charge in [0.15, 0.2) is 0 Å². The number of aliphatic hydroxyl groups is 1. The summed E-state index contributed by atoms with van der Waals surface area (Å²) in [5.41, 5.74) is 1.71. The van der Waals surface area contributed by atoms with Gasteiger partial charge in [-0.1, -0.05) is 24.3 Å². The van der Waals surface area contributed by atoms with Crippen molar-refractivity contribution in [1.82, 2.24) is 9.78 Å². The van der Waals surface area contributed by atoms with Gasteiger partial charge >= 0.3 is 0 Å². The summed E-state index contributed by atoms with van der Waals surface area (Å²) in [7, 11) is 0. The summed E-state index contributed by atoms with van der Waals surface area (Å²) in [6.07, 6.45) is 1.72. The van der Waals surface area contributed by atoms with Gasteiger partial charge in [0.05, 0.1) is 24.0 Å². The zero-order valence-electron chi connectivity index (χ0n) is 9.55. The zero-order chi connectivity index (χ0) is 12.5. The molecule has 0 atom stereocenters. The first-order chi connectivity index (χ1) is 8.81. The molecule has 0 saturated carbocycles. The van der Waals surface area contributed by atoms with Gasteiger partial charge in [0.25, 0.3) is 0 Å². The summed E-state index contributed by atoms with van der Waals surface area (Å²) in [5.74, 6) is -0.422. The van der Waals surface area contributed by atoms with Crippen molar-refractivity contribution in [1.29, 1.82) is 0 Å². The molecule has 3 aromatic rings. The standard InChI is InChI=1S/C14H11FN2O/c15-12-5-3-7-14(11(12)9-18)17-13-6-2-1-4-10(13)8-16-17/h1-8,18H,9H2. The molecule has 0 radical (unpaired) electrons. The Morgan fingerprint density at radius 3 is 2.78 bits per heavy atom. The fraction of sp³-hybridized carbons (Fsp3) is 0.0714. The van der Waals surface area contributed by atoms with Crippen LogP contribution in [-0.4, -0.2) is 14.9 Å². The number of aromatic nitrogens is 2. The molecule has 90 valence electrons. The molecule has 0 saturated heterocycles. The summed E-state index contributed by atoms with van der Waals surface area (Å²) < 4.78 is 15.3. The Morgan fingerprint density at radius 1 is 1.11 bits per heavy atom. The van der Waals surface area contributed by atoms with E-state index < -0.39 is 5.82 Å². The summed E-state index contributed by atoms with van der Waals surface area (Å²) in [6.45, 7) is -0.351. The third-order valence-corrected chi connectivity index (χ3v) is 2.96. The summed E-state index contributed by atoms with van der Waals surface area (Å²) in [4.78, 5) is 0. The molecule has 4 heteroatoms. The van der Waals surface area contributed by atoms with Gasteiger partial charge in [0, 0.05) is 10.9 Å². The Hall–Kier alpha value is -2.20. The normalized spacial score (nSPS) is 11.0. The smallest absolute Gasteiger partial charge is 0.130 e. The Labute approximate surface area is 103 Å². The van der Waals surface area contributed by atoms with Crippen LogP contribution in [0.5, 0.6) is 0 Å². The van der Waals surface area contributed by atoms with Gasteiger partial charge in [-0.15, -0.1) is 0 Å². The Bertz CT molecular complexity index is 706. The van der Waals surface area contributed by atoms with E-state index in [1.807, 2.05) is 24.3 Å². The maximum Gasteiger partial charge on any atom is 0.130 e. The number of rotatable bonds is 2. The van der Waals surface area contributed by atoms with Crippen LogP contribution < -0.4 is 0 Å². The Kier molecular flexibility index (Phi) is 2.57. The molecule has 3 nitrogen and oxygen atoms in total. The van der Waals surface area contributed by atoms with Crippen molar-refractivity contribution in [2.75, 3.05) is 0 Å². The second-order valence-electron chi connectivity index (χ2n) is 4.01. The first-order valence-corrected chi connectivity index (χ1v) is 5.62. The summed E-state index contributed by atoms with van der Waals surface area (Å²) in [5, 5.41) is 14.5. The third-order valence-electron chi connectivity index (χ3n) is 2.96. The molecule has 0 unspecified atom stereocenters. The van der Waals surface area contributed by atoms with Crippen molar-refractivity contribution < 1.29 is 9.50 Å². The van der Waals surface area contributed by atoms with Crippen molar-refractivity contribution in [3.05, 3.63) is 60.0 Å². The van der Waals surface area contributed by atoms with Crippen molar-refractivity contribution in [3.8, 4) is 5.69 Å². The van der Waals surface area contributed by atoms with Crippen molar-refractivity contribution in [2.24, 2.45) is 0 Å². The van der Waals surface area contributed by atoms with Gasteiger partial charge in [-0.25, -0.2) is 9.07 Å². The average molecular weight is 242 g/mol. The lowest BCUT2D eigenvalue weighted by Crippen LogP contribution is -2.03. The molecule has 0 bridgehead atoms. The van der Waals surface area contributed by atoms with E-state index in [4.69, 9.17) is 0 Å². The Morgan fingerprint density at radius 2 is 1.94 bits per heavy atom. The topological polar surface area (TPSA) is 38.0 Å². The number of halogens is 1. The number of fused-ring (bicyclic) bond motifs is 1. The molecule has 2 aromatic carbocycles. The first-order valence-electron chi connectivity index (χ1n) is 5.62. The lowest BCUT2D eigenvalue weighted by atomic mass is 10.1. The minimum absolute atomic E-state index is 0.256. The largest absolute Gasteiger partial charge is 0.391 e. The highest BCUT2D eigenvalue weighted by Gasteiger charge is 2.11. The van der Waals surface area contributed by atoms with E-state index in [1.54, 1.807) is 23.0 Å². The van der Waals surface area contributed by atoms with Crippen LogP contribution in [0.15, 0.2) is 48.7 Å². The van der Waals surface area contributed by atoms with Crippen LogP contribution in [0.1, 0.15) is 5.56 Å². The molecular formula is C14H11FN2O. The zero-order valence-corrected chi connectivity index (χ0v) is 9.55. The number of nitrogens with zero attached hydrogens (tertiary/aromatic N) is 2. The van der Waals surface area contributed by atoms with Crippen LogP contribution in [-0.2, 0) is 6.61 Å². The number of aliphatic hydroxyl groups excluding tert-OH is 1. The van der Waals surface area contributed by atoms with Gasteiger partial charge in [0.1, 0.15) is 5.82 Å². The van der Waals surface area contributed by atoms with Gasteiger partial charge in [-0.2, -0.15) is 5.10 Å². The maximum absolute atomic E-state index is 13.6. The molecule has 1 N–H and O–H groups in total. The number of hydrogen-bond acceptors (Lipinski definition) is 2. The van der Waals surface area contributed by atoms with E-state index in [2.05, 4.69) is 5.10 Å². The molecule has 18 heavy (non-hydrogen) atoms. The van der Waals surface area contributed by atoms with E-state index in [1.165, 1.54) is 6.07 Å². The van der Waals surface area contributed by atoms with Crippen LogP contribution in [0.2, 0.25) is 0 Å². The average Bonchev–Trinajstić information content (AvgIpc) is 2.82. The second-order valence-corrected chi connectivity index (χ2v) is 4.01. The number of para-hydroxylation sites is 1. The minimum atomic E-state index is -0.422. The molecule has 0 aliphatic carbocycles. The van der Waals surface area contributed by atoms with E-state index in [9.17, 15) is 9.50 Å². The fourth-order valence-electron chi connectivity index (χ4n) is 2.07. The van der Waals surface area contributed by atoms with Crippen LogP contribution in [0.4, 0.5) is 4.39 Å². The molecule has 0 fully saturated rings. The third kappa shape index (κ3) is 1.58. The molecule has 0 amide bonds. The van der Waals surface area contributed by atoms with Gasteiger partial charge < -0.3 is 5.11 Å². The van der Waals surface area contributed by atoms with Crippen molar-refractivity contribution in [3.63, 3.8) is 0 Å². The highest BCUT2D eigenvalue weighted by atomic mass is 19.1. The van der Waals surface area contributed by atoms with E-state index in [0.29, 0.717) is 5.69 Å². The molecule has 3 rings (SSSR count). The van der Waals surface area contributed by atoms with Crippen molar-refractivity contribution >= 4 is 10.9 Å². The second kappa shape index (κ2) is 4.23. The van der Waals surface area contributed by atoms with Crippen LogP contribution in [0.3, 0.4) is 0 Å². The summed E-state index contributed by atoms with van der Waals surface area (Å²) in [6, 6.07) is 12.4. The highest BCUT2D eigenvalue weighted by Crippen LogP contribution is 2.22. The van der Waals surface area contributed by atoms with E-state index >= 15 is 0 Å². The quantitative estimate of drug-likeness (QED) is 0.750. The van der Waals surface area contributed by atoms with Gasteiger partial charge in [0.2, 0.25) is 0 Å². The van der Waals surface area contributed by atoms with Gasteiger partial charge in [-0.3, -0.25) is 0 Å². The molecule has 0 aliphatic heterocycles. The van der Waals surface area contributed by atoms with Crippen molar-refractivity contribution in [2.45, 2.75) is 6.61 Å². The number of hydrogen-bond donors (Lipinski definition) is 1. The molecule has 0 aliphatic rings. The molecular weight excluding hydrogens is 231 g/mol. The summed E-state index contributed by atoms with van der Waals surface area (Å²) >= 11 is 0. The minimum Gasteiger partial charge on any atom is -0.391 e. The molecule has 0 spiro atoms. The monoisotopic (exact) mass is 242 g/mol. The van der Waals surface area contributed by atoms with Crippen LogP contribution >= 0.6 is 0 Å². The maximum atomic E-state index is 13.6. The predicted molar refractivity (Wildman–Crippen MR) is 67.0 cm³/mol. The lowest BCUT2D eigenvalue weighted by molar-refractivity contribution is 0.275. The molecule has 1 aromatic heterocycles. The lowest BCUT2D eigenvalue weighted by Gasteiger charge is -2.09. The van der Waals surface area contributed by atoms with Gasteiger partial charge in [-0.05, 0) is 18.2 Å². The first kappa shape index (κ1) is 10.9. The fourth-order valence-corrected chi connectivity index (χ4v) is 2.07. The molecule has 1 heterocycles. The van der Waals surface area contributed by atoms with E-state index in [0.717, 1.165) is 10.9 Å². The Balaban J connectivity index is 2.30. The van der Waals surface area contributed by atoms with Crippen LogP contribution in [0, 0.1) is 5.82 Å². The van der Waals surface area contributed by atoms with E-state index in [-0.39, 0.29) is 12.2 Å².